The third-order valence-electron chi connectivity index (χ3n) is 3.09. The topological polar surface area (TPSA) is 79.2 Å². The largest absolute Gasteiger partial charge is 0.449 e. The van der Waals surface area contributed by atoms with E-state index >= 15 is 0 Å². The van der Waals surface area contributed by atoms with Crippen LogP contribution in [0.25, 0.3) is 0 Å². The lowest BCUT2D eigenvalue weighted by molar-refractivity contribution is -0.123. The van der Waals surface area contributed by atoms with Gasteiger partial charge in [0.15, 0.2) is 6.10 Å². The summed E-state index contributed by atoms with van der Waals surface area (Å²) in [5.41, 5.74) is 0.378. The molecule has 0 bridgehead atoms. The quantitative estimate of drug-likeness (QED) is 0.874. The van der Waals surface area contributed by atoms with Gasteiger partial charge in [0.25, 0.3) is 5.91 Å². The van der Waals surface area contributed by atoms with Crippen molar-refractivity contribution in [1.29, 1.82) is 5.26 Å². The zero-order valence-corrected chi connectivity index (χ0v) is 12.5. The van der Waals surface area contributed by atoms with E-state index in [2.05, 4.69) is 5.32 Å². The molecule has 0 aliphatic heterocycles. The van der Waals surface area contributed by atoms with Gasteiger partial charge in [0.1, 0.15) is 11.6 Å². The van der Waals surface area contributed by atoms with E-state index in [-0.39, 0.29) is 0 Å². The molecule has 24 heavy (non-hydrogen) atoms. The molecule has 2 aromatic rings. The van der Waals surface area contributed by atoms with E-state index in [9.17, 15) is 18.4 Å². The number of nitrogens with zero attached hydrogens (tertiary/aromatic N) is 1. The molecule has 0 aliphatic carbocycles. The molecule has 2 aromatic carbocycles. The molecule has 1 atom stereocenters. The molecule has 0 heterocycles. The number of hydrogen-bond acceptors (Lipinski definition) is 4. The second-order valence-electron chi connectivity index (χ2n) is 4.85. The van der Waals surface area contributed by atoms with Crippen molar-refractivity contribution >= 4 is 17.6 Å². The van der Waals surface area contributed by atoms with E-state index in [1.165, 1.54) is 31.2 Å². The van der Waals surface area contributed by atoms with Crippen molar-refractivity contribution in [1.82, 2.24) is 0 Å². The van der Waals surface area contributed by atoms with Crippen LogP contribution < -0.4 is 5.32 Å². The summed E-state index contributed by atoms with van der Waals surface area (Å²) in [6, 6.07) is 10.4. The highest BCUT2D eigenvalue weighted by Crippen LogP contribution is 2.13. The fourth-order valence-corrected chi connectivity index (χ4v) is 1.80. The second-order valence-corrected chi connectivity index (χ2v) is 4.85. The molecule has 7 heteroatoms. The third-order valence-corrected chi connectivity index (χ3v) is 3.09. The van der Waals surface area contributed by atoms with Crippen LogP contribution in [0.4, 0.5) is 14.5 Å². The molecule has 5 nitrogen and oxygen atoms in total. The fraction of sp³-hybridized carbons (Fsp3) is 0.118. The number of nitrogens with one attached hydrogen (secondary N) is 1. The molecule has 0 spiro atoms. The van der Waals surface area contributed by atoms with Crippen molar-refractivity contribution in [3.05, 3.63) is 65.2 Å². The summed E-state index contributed by atoms with van der Waals surface area (Å²) < 4.78 is 31.2. The minimum absolute atomic E-state index is 0.412. The van der Waals surface area contributed by atoms with Crippen LogP contribution in [0.5, 0.6) is 0 Å². The number of anilines is 1. The Balaban J connectivity index is 2.00. The van der Waals surface area contributed by atoms with E-state index in [1.54, 1.807) is 0 Å². The van der Waals surface area contributed by atoms with Gasteiger partial charge in [0.05, 0.1) is 17.2 Å². The molecule has 1 amide bonds. The van der Waals surface area contributed by atoms with Crippen LogP contribution in [0.2, 0.25) is 0 Å². The van der Waals surface area contributed by atoms with Crippen molar-refractivity contribution < 1.29 is 23.1 Å². The van der Waals surface area contributed by atoms with Crippen LogP contribution in [-0.4, -0.2) is 18.0 Å². The Morgan fingerprint density at radius 2 is 1.83 bits per heavy atom. The lowest BCUT2D eigenvalue weighted by atomic mass is 10.2. The van der Waals surface area contributed by atoms with Crippen molar-refractivity contribution in [2.24, 2.45) is 0 Å². The van der Waals surface area contributed by atoms with Crippen LogP contribution in [0, 0.1) is 23.0 Å². The van der Waals surface area contributed by atoms with Gasteiger partial charge in [-0.05, 0) is 43.3 Å². The summed E-state index contributed by atoms with van der Waals surface area (Å²) in [5.74, 6) is -3.60. The van der Waals surface area contributed by atoms with Gasteiger partial charge < -0.3 is 10.1 Å². The molecule has 1 N–H and O–H groups in total. The normalized spacial score (nSPS) is 11.2. The van der Waals surface area contributed by atoms with E-state index in [0.717, 1.165) is 12.1 Å². The third kappa shape index (κ3) is 4.14. The molecule has 2 rings (SSSR count). The number of esters is 1. The number of ether oxygens (including phenoxy) is 1. The van der Waals surface area contributed by atoms with Gasteiger partial charge in [0.2, 0.25) is 0 Å². The lowest BCUT2D eigenvalue weighted by Gasteiger charge is -2.14. The summed E-state index contributed by atoms with van der Waals surface area (Å²) in [6.45, 7) is 1.32. The Morgan fingerprint density at radius 3 is 2.42 bits per heavy atom. The summed E-state index contributed by atoms with van der Waals surface area (Å²) >= 11 is 0. The van der Waals surface area contributed by atoms with Crippen molar-refractivity contribution in [2.45, 2.75) is 13.0 Å². The summed E-state index contributed by atoms with van der Waals surface area (Å²) in [4.78, 5) is 23.8. The Bertz CT molecular complexity index is 814. The zero-order chi connectivity index (χ0) is 17.7. The first-order valence-corrected chi connectivity index (χ1v) is 6.88. The van der Waals surface area contributed by atoms with Gasteiger partial charge in [0, 0.05) is 11.8 Å². The Labute approximate surface area is 136 Å². The van der Waals surface area contributed by atoms with Gasteiger partial charge >= 0.3 is 5.97 Å². The highest BCUT2D eigenvalue weighted by molar-refractivity contribution is 5.97. The molecule has 0 unspecified atom stereocenters. The smallest absolute Gasteiger partial charge is 0.341 e. The predicted molar refractivity (Wildman–Crippen MR) is 81.0 cm³/mol. The number of benzene rings is 2. The van der Waals surface area contributed by atoms with E-state index in [0.29, 0.717) is 17.3 Å². The minimum atomic E-state index is -1.20. The Kier molecular flexibility index (Phi) is 5.22. The number of halogens is 2. The highest BCUT2D eigenvalue weighted by atomic mass is 19.1. The minimum Gasteiger partial charge on any atom is -0.449 e. The standard InChI is InChI=1S/C17H12F2N2O3/c1-10(16(22)21-13-5-2-11(9-20)3-6-13)24-17(23)14-7-4-12(18)8-15(14)19/h2-8,10H,1H3,(H,21,22)/t10-/m0/s1. The number of carbonyl (C=O) groups is 2. The first-order chi connectivity index (χ1) is 11.4. The Morgan fingerprint density at radius 1 is 1.17 bits per heavy atom. The van der Waals surface area contributed by atoms with Crippen LogP contribution >= 0.6 is 0 Å². The molecule has 0 aliphatic rings. The summed E-state index contributed by atoms with van der Waals surface area (Å²) in [6.07, 6.45) is -1.20. The van der Waals surface area contributed by atoms with Gasteiger partial charge in [-0.2, -0.15) is 5.26 Å². The van der Waals surface area contributed by atoms with Gasteiger partial charge in [-0.1, -0.05) is 0 Å². The first kappa shape index (κ1) is 17.1. The van der Waals surface area contributed by atoms with Crippen LogP contribution in [0.15, 0.2) is 42.5 Å². The summed E-state index contributed by atoms with van der Waals surface area (Å²) in [7, 11) is 0. The van der Waals surface area contributed by atoms with Crippen LogP contribution in [0.3, 0.4) is 0 Å². The van der Waals surface area contributed by atoms with Gasteiger partial charge in [-0.15, -0.1) is 0 Å². The van der Waals surface area contributed by atoms with Gasteiger partial charge in [-0.3, -0.25) is 4.79 Å². The molecule has 0 aromatic heterocycles. The molecule has 0 radical (unpaired) electrons. The Hall–Kier alpha value is -3.27. The maximum Gasteiger partial charge on any atom is 0.341 e. The molecule has 122 valence electrons. The SMILES string of the molecule is C[C@H](OC(=O)c1ccc(F)cc1F)C(=O)Nc1ccc(C#N)cc1. The molecular weight excluding hydrogens is 318 g/mol. The highest BCUT2D eigenvalue weighted by Gasteiger charge is 2.21. The van der Waals surface area contributed by atoms with Crippen LogP contribution in [0.1, 0.15) is 22.8 Å². The van der Waals surface area contributed by atoms with E-state index < -0.39 is 35.2 Å². The van der Waals surface area contributed by atoms with E-state index in [4.69, 9.17) is 10.00 Å². The molecule has 0 saturated heterocycles. The monoisotopic (exact) mass is 330 g/mol. The average molecular weight is 330 g/mol. The maximum absolute atomic E-state index is 13.5. The number of hydrogen-bond donors (Lipinski definition) is 1. The van der Waals surface area contributed by atoms with Crippen molar-refractivity contribution in [2.75, 3.05) is 5.32 Å². The fourth-order valence-electron chi connectivity index (χ4n) is 1.80. The average Bonchev–Trinajstić information content (AvgIpc) is 2.55. The number of amides is 1. The second kappa shape index (κ2) is 7.33. The van der Waals surface area contributed by atoms with Crippen molar-refractivity contribution in [3.63, 3.8) is 0 Å². The van der Waals surface area contributed by atoms with Crippen LogP contribution in [-0.2, 0) is 9.53 Å². The zero-order valence-electron chi connectivity index (χ0n) is 12.5. The van der Waals surface area contributed by atoms with Crippen molar-refractivity contribution in [3.8, 4) is 6.07 Å². The maximum atomic E-state index is 13.5. The molecular formula is C17H12F2N2O3. The van der Waals surface area contributed by atoms with Gasteiger partial charge in [-0.25, -0.2) is 13.6 Å². The number of carbonyl (C=O) groups excluding carboxylic acids is 2. The van der Waals surface area contributed by atoms with E-state index in [1.807, 2.05) is 6.07 Å². The number of nitriles is 1. The number of rotatable bonds is 4. The predicted octanol–water partition coefficient (Wildman–Crippen LogP) is 3.02. The summed E-state index contributed by atoms with van der Waals surface area (Å²) in [5, 5.41) is 11.2. The molecule has 0 saturated carbocycles. The lowest BCUT2D eigenvalue weighted by Crippen LogP contribution is -2.30. The molecule has 0 fully saturated rings. The first-order valence-electron chi connectivity index (χ1n) is 6.88.